The van der Waals surface area contributed by atoms with E-state index >= 15 is 0 Å². The first-order valence-corrected chi connectivity index (χ1v) is 9.73. The van der Waals surface area contributed by atoms with Gasteiger partial charge in [0.1, 0.15) is 6.04 Å². The molecule has 0 saturated carbocycles. The van der Waals surface area contributed by atoms with Crippen molar-refractivity contribution in [2.24, 2.45) is 5.92 Å². The summed E-state index contributed by atoms with van der Waals surface area (Å²) >= 11 is 0. The molecule has 0 aliphatic carbocycles. The Labute approximate surface area is 171 Å². The highest BCUT2D eigenvalue weighted by molar-refractivity contribution is 5.98. The van der Waals surface area contributed by atoms with Gasteiger partial charge in [0.15, 0.2) is 6.61 Å². The van der Waals surface area contributed by atoms with E-state index in [1.54, 1.807) is 38.1 Å². The third-order valence-corrected chi connectivity index (χ3v) is 4.59. The van der Waals surface area contributed by atoms with Crippen molar-refractivity contribution in [2.45, 2.75) is 40.2 Å². The van der Waals surface area contributed by atoms with Crippen molar-refractivity contribution in [3.05, 3.63) is 65.2 Å². The molecule has 2 amide bonds. The van der Waals surface area contributed by atoms with Crippen molar-refractivity contribution < 1.29 is 19.1 Å². The molecule has 2 rings (SSSR count). The van der Waals surface area contributed by atoms with Gasteiger partial charge in [-0.2, -0.15) is 0 Å². The Balaban J connectivity index is 1.92. The van der Waals surface area contributed by atoms with Crippen LogP contribution in [0.4, 0.5) is 5.69 Å². The number of ether oxygens (including phenoxy) is 1. The van der Waals surface area contributed by atoms with Gasteiger partial charge in [0.2, 0.25) is 0 Å². The van der Waals surface area contributed by atoms with Crippen molar-refractivity contribution in [2.75, 3.05) is 11.9 Å². The summed E-state index contributed by atoms with van der Waals surface area (Å²) in [4.78, 5) is 37.1. The zero-order chi connectivity index (χ0) is 21.4. The summed E-state index contributed by atoms with van der Waals surface area (Å²) in [5, 5.41) is 5.40. The second-order valence-corrected chi connectivity index (χ2v) is 7.22. The molecule has 0 aliphatic rings. The summed E-state index contributed by atoms with van der Waals surface area (Å²) in [7, 11) is 0. The van der Waals surface area contributed by atoms with Crippen LogP contribution in [0.2, 0.25) is 0 Å². The first-order chi connectivity index (χ1) is 13.8. The van der Waals surface area contributed by atoms with Crippen molar-refractivity contribution in [1.29, 1.82) is 0 Å². The molecule has 0 heterocycles. The Kier molecular flexibility index (Phi) is 7.95. The highest BCUT2D eigenvalue weighted by Gasteiger charge is 2.27. The van der Waals surface area contributed by atoms with Crippen LogP contribution in [0.5, 0.6) is 0 Å². The maximum absolute atomic E-state index is 12.5. The van der Waals surface area contributed by atoms with E-state index in [1.807, 2.05) is 31.2 Å². The molecule has 2 aromatic rings. The Morgan fingerprint density at radius 3 is 2.24 bits per heavy atom. The highest BCUT2D eigenvalue weighted by Crippen LogP contribution is 2.12. The molecule has 0 aliphatic heterocycles. The number of aryl methyl sites for hydroxylation is 2. The molecule has 0 radical (unpaired) electrons. The fourth-order valence-corrected chi connectivity index (χ4v) is 2.79. The maximum Gasteiger partial charge on any atom is 0.329 e. The quantitative estimate of drug-likeness (QED) is 0.669. The van der Waals surface area contributed by atoms with E-state index in [0.717, 1.165) is 12.0 Å². The van der Waals surface area contributed by atoms with Crippen molar-refractivity contribution >= 4 is 23.5 Å². The van der Waals surface area contributed by atoms with Gasteiger partial charge in [-0.15, -0.1) is 0 Å². The summed E-state index contributed by atoms with van der Waals surface area (Å²) in [6.45, 7) is 7.07. The van der Waals surface area contributed by atoms with Crippen LogP contribution in [-0.2, 0) is 20.7 Å². The van der Waals surface area contributed by atoms with E-state index in [0.29, 0.717) is 11.3 Å². The Bertz CT molecular complexity index is 859. The molecular formula is C23H28N2O4. The molecule has 2 aromatic carbocycles. The lowest BCUT2D eigenvalue weighted by Crippen LogP contribution is -2.46. The summed E-state index contributed by atoms with van der Waals surface area (Å²) in [6.07, 6.45) is 0.913. The lowest BCUT2D eigenvalue weighted by molar-refractivity contribution is -0.150. The van der Waals surface area contributed by atoms with E-state index < -0.39 is 24.5 Å². The van der Waals surface area contributed by atoms with Crippen LogP contribution in [0.1, 0.15) is 42.3 Å². The van der Waals surface area contributed by atoms with Crippen LogP contribution in [-0.4, -0.2) is 30.4 Å². The predicted molar refractivity (Wildman–Crippen MR) is 113 cm³/mol. The van der Waals surface area contributed by atoms with E-state index in [-0.39, 0.29) is 11.8 Å². The molecular weight excluding hydrogens is 368 g/mol. The fourth-order valence-electron chi connectivity index (χ4n) is 2.79. The average Bonchev–Trinajstić information content (AvgIpc) is 2.70. The van der Waals surface area contributed by atoms with Crippen molar-refractivity contribution in [1.82, 2.24) is 5.32 Å². The van der Waals surface area contributed by atoms with E-state index in [1.165, 1.54) is 5.56 Å². The first-order valence-electron chi connectivity index (χ1n) is 9.73. The lowest BCUT2D eigenvalue weighted by Gasteiger charge is -2.21. The van der Waals surface area contributed by atoms with Gasteiger partial charge in [-0.3, -0.25) is 9.59 Å². The number of esters is 1. The maximum atomic E-state index is 12.5. The molecule has 0 bridgehead atoms. The molecule has 0 saturated heterocycles. The standard InChI is InChI=1S/C23H28N2O4/c1-5-17-10-12-18(13-11-17)24-20(26)14-29-23(28)21(15(2)3)25-22(27)19-9-7-6-8-16(19)4/h6-13,15,21H,5,14H2,1-4H3,(H,24,26)(H,25,27)/t21-/m0/s1. The summed E-state index contributed by atoms with van der Waals surface area (Å²) in [5.41, 5.74) is 3.11. The highest BCUT2D eigenvalue weighted by atomic mass is 16.5. The largest absolute Gasteiger partial charge is 0.454 e. The molecule has 2 N–H and O–H groups in total. The van der Waals surface area contributed by atoms with Crippen LogP contribution >= 0.6 is 0 Å². The normalized spacial score (nSPS) is 11.6. The van der Waals surface area contributed by atoms with Gasteiger partial charge in [-0.1, -0.05) is 51.1 Å². The van der Waals surface area contributed by atoms with E-state index in [9.17, 15) is 14.4 Å². The number of hydrogen-bond donors (Lipinski definition) is 2. The number of carbonyl (C=O) groups is 3. The predicted octanol–water partition coefficient (Wildman–Crippen LogP) is 3.49. The molecule has 6 nitrogen and oxygen atoms in total. The monoisotopic (exact) mass is 396 g/mol. The summed E-state index contributed by atoms with van der Waals surface area (Å²) in [5.74, 6) is -1.62. The second kappa shape index (κ2) is 10.4. The Morgan fingerprint density at radius 2 is 1.66 bits per heavy atom. The van der Waals surface area contributed by atoms with Gasteiger partial charge < -0.3 is 15.4 Å². The Hall–Kier alpha value is -3.15. The number of amides is 2. The average molecular weight is 396 g/mol. The third kappa shape index (κ3) is 6.45. The van der Waals surface area contributed by atoms with Crippen LogP contribution < -0.4 is 10.6 Å². The van der Waals surface area contributed by atoms with Crippen LogP contribution in [0.15, 0.2) is 48.5 Å². The summed E-state index contributed by atoms with van der Waals surface area (Å²) in [6, 6.07) is 13.7. The number of carbonyl (C=O) groups excluding carboxylic acids is 3. The number of hydrogen-bond acceptors (Lipinski definition) is 4. The lowest BCUT2D eigenvalue weighted by atomic mass is 10.0. The van der Waals surface area contributed by atoms with Gasteiger partial charge in [-0.05, 0) is 48.6 Å². The third-order valence-electron chi connectivity index (χ3n) is 4.59. The molecule has 6 heteroatoms. The van der Waals surface area contributed by atoms with E-state index in [4.69, 9.17) is 4.74 Å². The van der Waals surface area contributed by atoms with Crippen molar-refractivity contribution in [3.63, 3.8) is 0 Å². The molecule has 0 aromatic heterocycles. The second-order valence-electron chi connectivity index (χ2n) is 7.22. The van der Waals surface area contributed by atoms with Gasteiger partial charge >= 0.3 is 5.97 Å². The van der Waals surface area contributed by atoms with Gasteiger partial charge in [0.05, 0.1) is 0 Å². The molecule has 0 spiro atoms. The molecule has 0 fully saturated rings. The minimum absolute atomic E-state index is 0.194. The van der Waals surface area contributed by atoms with Gasteiger partial charge in [-0.25, -0.2) is 4.79 Å². The smallest absolute Gasteiger partial charge is 0.329 e. The van der Waals surface area contributed by atoms with Gasteiger partial charge in [0.25, 0.3) is 11.8 Å². The zero-order valence-electron chi connectivity index (χ0n) is 17.3. The van der Waals surface area contributed by atoms with Crippen molar-refractivity contribution in [3.8, 4) is 0 Å². The van der Waals surface area contributed by atoms with Crippen LogP contribution in [0, 0.1) is 12.8 Å². The Morgan fingerprint density at radius 1 is 1.00 bits per heavy atom. The number of rotatable bonds is 8. The topological polar surface area (TPSA) is 84.5 Å². The SMILES string of the molecule is CCc1ccc(NC(=O)COC(=O)[C@@H](NC(=O)c2ccccc2C)C(C)C)cc1. The molecule has 154 valence electrons. The number of benzene rings is 2. The summed E-state index contributed by atoms with van der Waals surface area (Å²) < 4.78 is 5.15. The molecule has 29 heavy (non-hydrogen) atoms. The first kappa shape index (κ1) is 22.1. The van der Waals surface area contributed by atoms with Crippen LogP contribution in [0.3, 0.4) is 0 Å². The van der Waals surface area contributed by atoms with Crippen LogP contribution in [0.25, 0.3) is 0 Å². The molecule has 1 atom stereocenters. The minimum Gasteiger partial charge on any atom is -0.454 e. The fraction of sp³-hybridized carbons (Fsp3) is 0.348. The number of anilines is 1. The van der Waals surface area contributed by atoms with Gasteiger partial charge in [0, 0.05) is 11.3 Å². The number of nitrogens with one attached hydrogen (secondary N) is 2. The minimum atomic E-state index is -0.848. The molecule has 0 unspecified atom stereocenters. The van der Waals surface area contributed by atoms with E-state index in [2.05, 4.69) is 17.6 Å². The zero-order valence-corrected chi connectivity index (χ0v) is 17.3.